The van der Waals surface area contributed by atoms with Gasteiger partial charge in [-0.3, -0.25) is 14.2 Å². The monoisotopic (exact) mass is 680 g/mol. The summed E-state index contributed by atoms with van der Waals surface area (Å²) >= 11 is 7.32. The van der Waals surface area contributed by atoms with E-state index in [0.29, 0.717) is 46.8 Å². The van der Waals surface area contributed by atoms with E-state index in [1.54, 1.807) is 30.6 Å². The van der Waals surface area contributed by atoms with Crippen molar-refractivity contribution in [2.45, 2.75) is 30.1 Å². The molecule has 0 unspecified atom stereocenters. The van der Waals surface area contributed by atoms with Crippen molar-refractivity contribution in [3.8, 4) is 0 Å². The fraction of sp³-hybridized carbons (Fsp3) is 0.138. The van der Waals surface area contributed by atoms with Gasteiger partial charge in [-0.2, -0.15) is 0 Å². The number of carbonyl (C=O) groups excluding carboxylic acids is 1. The lowest BCUT2D eigenvalue weighted by Gasteiger charge is -2.24. The van der Waals surface area contributed by atoms with E-state index in [4.69, 9.17) is 14.1 Å². The minimum absolute atomic E-state index is 0.186. The number of aromatic nitrogens is 3. The lowest BCUT2D eigenvalue weighted by atomic mass is 9.97. The summed E-state index contributed by atoms with van der Waals surface area (Å²) in [6.45, 7) is 3.67. The van der Waals surface area contributed by atoms with Crippen molar-refractivity contribution in [2.75, 3.05) is 6.61 Å². The van der Waals surface area contributed by atoms with Crippen molar-refractivity contribution >= 4 is 68.1 Å². The molecule has 212 valence electrons. The summed E-state index contributed by atoms with van der Waals surface area (Å²) in [4.78, 5) is 52.4. The minimum Gasteiger partial charge on any atom is -0.463 e. The summed E-state index contributed by atoms with van der Waals surface area (Å²) in [6.07, 6.45) is 1.65. The molecule has 0 radical (unpaired) electrons. The molecule has 1 N–H and O–H groups in total. The number of thiophene rings is 1. The summed E-state index contributed by atoms with van der Waals surface area (Å²) in [7, 11) is 0. The number of H-pyrrole nitrogens is 1. The molecule has 0 amide bonds. The number of nitrogens with one attached hydrogen (secondary N) is 1. The van der Waals surface area contributed by atoms with E-state index >= 15 is 0 Å². The molecular formula is C29H21BrN4O5S3. The molecule has 42 heavy (non-hydrogen) atoms. The van der Waals surface area contributed by atoms with Crippen LogP contribution in [0.2, 0.25) is 0 Å². The largest absolute Gasteiger partial charge is 0.463 e. The van der Waals surface area contributed by atoms with E-state index in [9.17, 15) is 14.4 Å². The highest BCUT2D eigenvalue weighted by Crippen LogP contribution is 2.37. The van der Waals surface area contributed by atoms with Crippen molar-refractivity contribution in [2.24, 2.45) is 4.99 Å². The van der Waals surface area contributed by atoms with E-state index in [2.05, 4.69) is 25.9 Å². The molecule has 1 aliphatic rings. The molecule has 1 aromatic carbocycles. The number of aryl methyl sites for hydroxylation is 1. The highest BCUT2D eigenvalue weighted by atomic mass is 79.9. The summed E-state index contributed by atoms with van der Waals surface area (Å²) in [5.74, 6) is -0.0996. The molecule has 5 heterocycles. The SMILES string of the molecule is CCOC(=O)C1=C(c2ccccc2)N=c2s/c(=C/c3cc(Br)c(Sc4nc(C)cc(=O)[nH]4)o3)c(=O)n2[C@@H]1c1cccs1. The lowest BCUT2D eigenvalue weighted by Crippen LogP contribution is -2.39. The summed E-state index contributed by atoms with van der Waals surface area (Å²) in [5, 5.41) is 2.76. The van der Waals surface area contributed by atoms with Gasteiger partial charge < -0.3 is 14.1 Å². The van der Waals surface area contributed by atoms with Gasteiger partial charge in [-0.25, -0.2) is 14.8 Å². The molecule has 0 aliphatic carbocycles. The second kappa shape index (κ2) is 11.8. The zero-order valence-electron chi connectivity index (χ0n) is 22.1. The van der Waals surface area contributed by atoms with Crippen LogP contribution in [0.1, 0.15) is 34.9 Å². The number of esters is 1. The number of halogens is 1. The Hall–Kier alpha value is -3.78. The molecular weight excluding hydrogens is 660 g/mol. The van der Waals surface area contributed by atoms with Crippen LogP contribution in [0.5, 0.6) is 0 Å². The number of ether oxygens (including phenoxy) is 1. The first-order chi connectivity index (χ1) is 20.3. The molecule has 13 heteroatoms. The Morgan fingerprint density at radius 2 is 2.02 bits per heavy atom. The van der Waals surface area contributed by atoms with Crippen molar-refractivity contribution in [3.63, 3.8) is 0 Å². The van der Waals surface area contributed by atoms with E-state index in [1.807, 2.05) is 47.8 Å². The number of rotatable bonds is 7. The average molecular weight is 682 g/mol. The van der Waals surface area contributed by atoms with E-state index in [0.717, 1.165) is 22.2 Å². The normalized spacial score (nSPS) is 15.0. The number of hydrogen-bond acceptors (Lipinski definition) is 10. The first-order valence-electron chi connectivity index (χ1n) is 12.7. The molecule has 9 nitrogen and oxygen atoms in total. The van der Waals surface area contributed by atoms with Gasteiger partial charge in [0.25, 0.3) is 11.1 Å². The number of nitrogens with zero attached hydrogens (tertiary/aromatic N) is 3. The van der Waals surface area contributed by atoms with Crippen LogP contribution in [-0.2, 0) is 9.53 Å². The van der Waals surface area contributed by atoms with Gasteiger partial charge in [0.2, 0.25) is 0 Å². The second-order valence-corrected chi connectivity index (χ2v) is 12.8. The Morgan fingerprint density at radius 3 is 2.74 bits per heavy atom. The molecule has 4 aromatic heterocycles. The van der Waals surface area contributed by atoms with Crippen LogP contribution in [0.3, 0.4) is 0 Å². The Labute approximate surface area is 259 Å². The van der Waals surface area contributed by atoms with Crippen molar-refractivity contribution < 1.29 is 13.9 Å². The Morgan fingerprint density at radius 1 is 1.21 bits per heavy atom. The van der Waals surface area contributed by atoms with Crippen LogP contribution >= 0.6 is 50.4 Å². The molecule has 0 bridgehead atoms. The maximum absolute atomic E-state index is 14.0. The number of benzene rings is 1. The van der Waals surface area contributed by atoms with Crippen LogP contribution in [0.15, 0.2) is 99.3 Å². The number of fused-ring (bicyclic) bond motifs is 1. The predicted octanol–water partition coefficient (Wildman–Crippen LogP) is 4.90. The Balaban J connectivity index is 1.50. The number of hydrogen-bond donors (Lipinski definition) is 1. The van der Waals surface area contributed by atoms with Crippen LogP contribution in [0, 0.1) is 6.92 Å². The van der Waals surface area contributed by atoms with Crippen LogP contribution in [0.4, 0.5) is 0 Å². The zero-order chi connectivity index (χ0) is 29.4. The molecule has 0 fully saturated rings. The first-order valence-corrected chi connectivity index (χ1v) is 16.0. The third kappa shape index (κ3) is 5.52. The zero-order valence-corrected chi connectivity index (χ0v) is 26.2. The van der Waals surface area contributed by atoms with Crippen LogP contribution in [-0.4, -0.2) is 27.1 Å². The summed E-state index contributed by atoms with van der Waals surface area (Å²) in [6, 6.07) is 15.6. The molecule has 6 rings (SSSR count). The van der Waals surface area contributed by atoms with Crippen molar-refractivity contribution in [1.82, 2.24) is 14.5 Å². The van der Waals surface area contributed by atoms with Gasteiger partial charge >= 0.3 is 5.97 Å². The smallest absolute Gasteiger partial charge is 0.338 e. The summed E-state index contributed by atoms with van der Waals surface area (Å²) in [5.41, 5.74) is 1.55. The molecule has 1 aliphatic heterocycles. The highest BCUT2D eigenvalue weighted by Gasteiger charge is 2.35. The van der Waals surface area contributed by atoms with Gasteiger partial charge in [0.15, 0.2) is 15.1 Å². The van der Waals surface area contributed by atoms with E-state index < -0.39 is 12.0 Å². The number of furan rings is 1. The topological polar surface area (TPSA) is 120 Å². The highest BCUT2D eigenvalue weighted by molar-refractivity contribution is 9.10. The van der Waals surface area contributed by atoms with Gasteiger partial charge in [-0.05, 0) is 59.1 Å². The second-order valence-electron chi connectivity index (χ2n) is 9.03. The van der Waals surface area contributed by atoms with Gasteiger partial charge in [0, 0.05) is 28.3 Å². The first kappa shape index (κ1) is 28.3. The fourth-order valence-corrected chi connectivity index (χ4v) is 7.65. The standard InChI is InChI=1S/C29H21BrN4O5S3/c1-3-38-26(37)22-23(16-8-5-4-6-9-16)33-29-34(24(22)19-10-7-11-40-19)25(36)20(41-29)14-17-13-18(30)27(39-17)42-28-31-15(2)12-21(35)32-28/h4-14,24H,3H2,1-2H3,(H,31,32,35)/b20-14+/t24-/m1/s1. The average Bonchev–Trinajstić information content (AvgIpc) is 3.68. The number of carbonyl (C=O) groups is 1. The maximum Gasteiger partial charge on any atom is 0.338 e. The molecule has 0 saturated carbocycles. The number of thiazole rings is 1. The Kier molecular flexibility index (Phi) is 7.99. The quantitative estimate of drug-likeness (QED) is 0.192. The molecule has 0 spiro atoms. The molecule has 1 atom stereocenters. The van der Waals surface area contributed by atoms with Gasteiger partial charge in [-0.1, -0.05) is 47.7 Å². The maximum atomic E-state index is 14.0. The van der Waals surface area contributed by atoms with Gasteiger partial charge in [-0.15, -0.1) is 11.3 Å². The Bertz CT molecular complexity index is 2080. The third-order valence-corrected chi connectivity index (χ3v) is 9.81. The van der Waals surface area contributed by atoms with Crippen LogP contribution < -0.4 is 20.5 Å². The van der Waals surface area contributed by atoms with Gasteiger partial charge in [0.1, 0.15) is 11.8 Å². The predicted molar refractivity (Wildman–Crippen MR) is 166 cm³/mol. The van der Waals surface area contributed by atoms with Gasteiger partial charge in [0.05, 0.1) is 26.9 Å². The lowest BCUT2D eigenvalue weighted by molar-refractivity contribution is -0.138. The van der Waals surface area contributed by atoms with Crippen molar-refractivity contribution in [3.05, 3.63) is 122 Å². The fourth-order valence-electron chi connectivity index (χ4n) is 4.48. The minimum atomic E-state index is -0.712. The van der Waals surface area contributed by atoms with Crippen LogP contribution in [0.25, 0.3) is 11.8 Å². The summed E-state index contributed by atoms with van der Waals surface area (Å²) < 4.78 is 14.1. The molecule has 5 aromatic rings. The third-order valence-electron chi connectivity index (χ3n) is 6.17. The van der Waals surface area contributed by atoms with E-state index in [-0.39, 0.29) is 17.7 Å². The number of aromatic amines is 1. The van der Waals surface area contributed by atoms with E-state index in [1.165, 1.54) is 28.7 Å². The van der Waals surface area contributed by atoms with Crippen molar-refractivity contribution in [1.29, 1.82) is 0 Å². The molecule has 0 saturated heterocycles.